The summed E-state index contributed by atoms with van der Waals surface area (Å²) in [7, 11) is 0. The Morgan fingerprint density at radius 2 is 2.19 bits per heavy atom. The van der Waals surface area contributed by atoms with Crippen LogP contribution in [-0.4, -0.2) is 32.3 Å². The van der Waals surface area contributed by atoms with Crippen molar-refractivity contribution in [3.05, 3.63) is 61.6 Å². The summed E-state index contributed by atoms with van der Waals surface area (Å²) < 4.78 is 0. The highest BCUT2D eigenvalue weighted by Crippen LogP contribution is 2.19. The number of thioether (sulfide) groups is 1. The Hall–Kier alpha value is -3.01. The van der Waals surface area contributed by atoms with Crippen LogP contribution in [-0.2, 0) is 11.2 Å². The zero-order valence-corrected chi connectivity index (χ0v) is 15.9. The number of amides is 1. The molecule has 9 nitrogen and oxygen atoms in total. The lowest BCUT2D eigenvalue weighted by molar-refractivity contribution is -0.384. The minimum absolute atomic E-state index is 0.0808. The molecule has 2 N–H and O–H groups in total. The summed E-state index contributed by atoms with van der Waals surface area (Å²) >= 11 is 1.22. The number of nitro benzene ring substituents is 1. The van der Waals surface area contributed by atoms with E-state index in [1.54, 1.807) is 19.1 Å². The first-order valence-corrected chi connectivity index (χ1v) is 9.11. The molecule has 0 aliphatic heterocycles. The van der Waals surface area contributed by atoms with Crippen LogP contribution in [0.15, 0.2) is 39.3 Å². The summed E-state index contributed by atoms with van der Waals surface area (Å²) in [6, 6.07) is 5.96. The number of aromatic nitrogens is 2. The van der Waals surface area contributed by atoms with Gasteiger partial charge in [0.2, 0.25) is 5.91 Å². The van der Waals surface area contributed by atoms with Crippen molar-refractivity contribution in [3.63, 3.8) is 0 Å². The number of hydrogen-bond donors (Lipinski definition) is 2. The Morgan fingerprint density at radius 1 is 1.44 bits per heavy atom. The number of nitrogens with one attached hydrogen (secondary N) is 2. The van der Waals surface area contributed by atoms with E-state index in [1.165, 1.54) is 30.8 Å². The van der Waals surface area contributed by atoms with Crippen molar-refractivity contribution < 1.29 is 9.72 Å². The molecule has 2 aromatic rings. The van der Waals surface area contributed by atoms with E-state index in [4.69, 9.17) is 0 Å². The number of nitrogens with zero attached hydrogens (tertiary/aromatic N) is 3. The molecule has 1 amide bonds. The van der Waals surface area contributed by atoms with Gasteiger partial charge in [0.25, 0.3) is 11.2 Å². The number of aryl methyl sites for hydroxylation is 1. The molecule has 2 rings (SSSR count). The van der Waals surface area contributed by atoms with Crippen molar-refractivity contribution in [1.82, 2.24) is 15.4 Å². The highest BCUT2D eigenvalue weighted by atomic mass is 32.2. The first-order valence-electron chi connectivity index (χ1n) is 8.12. The molecule has 1 aromatic carbocycles. The maximum absolute atomic E-state index is 12.1. The molecule has 0 atom stereocenters. The number of aromatic amines is 1. The number of hydrazone groups is 1. The Bertz CT molecular complexity index is 955. The van der Waals surface area contributed by atoms with Crippen LogP contribution in [0.4, 0.5) is 5.69 Å². The molecule has 1 heterocycles. The molecular formula is C17H19N5O4S. The molecule has 0 spiro atoms. The molecule has 0 aliphatic rings. The predicted octanol–water partition coefficient (Wildman–Crippen LogP) is 2.18. The lowest BCUT2D eigenvalue weighted by Gasteiger charge is -2.08. The molecule has 0 unspecified atom stereocenters. The summed E-state index contributed by atoms with van der Waals surface area (Å²) in [4.78, 5) is 40.8. The number of hydrogen-bond acceptors (Lipinski definition) is 7. The van der Waals surface area contributed by atoms with Gasteiger partial charge in [-0.1, -0.05) is 30.8 Å². The fourth-order valence-corrected chi connectivity index (χ4v) is 3.20. The molecule has 0 bridgehead atoms. The molecule has 1 aromatic heterocycles. The van der Waals surface area contributed by atoms with Crippen molar-refractivity contribution in [3.8, 4) is 0 Å². The summed E-state index contributed by atoms with van der Waals surface area (Å²) in [5, 5.41) is 15.5. The Labute approximate surface area is 159 Å². The van der Waals surface area contributed by atoms with Gasteiger partial charge in [-0.05, 0) is 13.3 Å². The first-order chi connectivity index (χ1) is 12.8. The van der Waals surface area contributed by atoms with Gasteiger partial charge in [0, 0.05) is 41.6 Å². The van der Waals surface area contributed by atoms with E-state index >= 15 is 0 Å². The van der Waals surface area contributed by atoms with Crippen molar-refractivity contribution >= 4 is 29.1 Å². The highest BCUT2D eigenvalue weighted by Gasteiger charge is 2.13. The van der Waals surface area contributed by atoms with Crippen LogP contribution >= 0.6 is 11.8 Å². The number of benzene rings is 1. The monoisotopic (exact) mass is 389 g/mol. The van der Waals surface area contributed by atoms with Crippen LogP contribution in [0.25, 0.3) is 0 Å². The third-order valence-corrected chi connectivity index (χ3v) is 4.52. The molecule has 0 fully saturated rings. The van der Waals surface area contributed by atoms with Gasteiger partial charge in [-0.25, -0.2) is 10.4 Å². The first kappa shape index (κ1) is 20.3. The Morgan fingerprint density at radius 3 is 2.78 bits per heavy atom. The van der Waals surface area contributed by atoms with E-state index in [2.05, 4.69) is 20.5 Å². The normalized spacial score (nSPS) is 11.3. The Balaban J connectivity index is 2.30. The van der Waals surface area contributed by atoms with Crippen molar-refractivity contribution in [2.45, 2.75) is 32.3 Å². The number of rotatable bonds is 7. The van der Waals surface area contributed by atoms with Crippen LogP contribution in [0.5, 0.6) is 0 Å². The summed E-state index contributed by atoms with van der Waals surface area (Å²) in [6.45, 7) is 4.96. The fourth-order valence-electron chi connectivity index (χ4n) is 2.33. The van der Waals surface area contributed by atoms with Gasteiger partial charge >= 0.3 is 0 Å². The molecule has 0 saturated heterocycles. The van der Waals surface area contributed by atoms with E-state index in [0.29, 0.717) is 34.1 Å². The van der Waals surface area contributed by atoms with Crippen LogP contribution in [0.2, 0.25) is 0 Å². The lowest BCUT2D eigenvalue weighted by atomic mass is 10.1. The smallest absolute Gasteiger partial charge is 0.270 e. The Kier molecular flexibility index (Phi) is 6.83. The number of non-ortho nitro benzene ring substituents is 1. The number of carbonyl (C=O) groups excluding carboxylic acids is 1. The van der Waals surface area contributed by atoms with Crippen LogP contribution in [0.1, 0.15) is 30.7 Å². The zero-order valence-electron chi connectivity index (χ0n) is 15.1. The van der Waals surface area contributed by atoms with Gasteiger partial charge in [-0.15, -0.1) is 0 Å². The SMILES string of the molecule is CCc1c(C)nc(SCC(=NNC(C)=O)c2cccc([N+](=O)[O-])c2)[nH]c1=O. The average Bonchev–Trinajstić information content (AvgIpc) is 2.61. The number of carbonyl (C=O) groups is 1. The number of H-pyrrole nitrogens is 1. The molecule has 10 heteroatoms. The largest absolute Gasteiger partial charge is 0.301 e. The minimum atomic E-state index is -0.501. The van der Waals surface area contributed by atoms with E-state index < -0.39 is 4.92 Å². The molecular weight excluding hydrogens is 370 g/mol. The summed E-state index contributed by atoms with van der Waals surface area (Å²) in [6.07, 6.45) is 0.585. The number of nitro groups is 1. The van der Waals surface area contributed by atoms with Crippen molar-refractivity contribution in [1.29, 1.82) is 0 Å². The summed E-state index contributed by atoms with van der Waals surface area (Å²) in [5.74, 6) is -0.118. The van der Waals surface area contributed by atoms with Crippen LogP contribution in [0.3, 0.4) is 0 Å². The summed E-state index contributed by atoms with van der Waals surface area (Å²) in [5.41, 5.74) is 4.26. The third-order valence-electron chi connectivity index (χ3n) is 3.64. The molecule has 0 radical (unpaired) electrons. The van der Waals surface area contributed by atoms with E-state index in [9.17, 15) is 19.7 Å². The average molecular weight is 389 g/mol. The van der Waals surface area contributed by atoms with Gasteiger partial charge < -0.3 is 4.98 Å². The lowest BCUT2D eigenvalue weighted by Crippen LogP contribution is -2.19. The van der Waals surface area contributed by atoms with Crippen molar-refractivity contribution in [2.75, 3.05) is 5.75 Å². The van der Waals surface area contributed by atoms with Gasteiger partial charge in [-0.3, -0.25) is 19.7 Å². The van der Waals surface area contributed by atoms with E-state index in [-0.39, 0.29) is 22.9 Å². The van der Waals surface area contributed by atoms with Gasteiger partial charge in [-0.2, -0.15) is 5.10 Å². The molecule has 0 saturated carbocycles. The molecule has 0 aliphatic carbocycles. The van der Waals surface area contributed by atoms with E-state index in [0.717, 1.165) is 0 Å². The van der Waals surface area contributed by atoms with Gasteiger partial charge in [0.05, 0.1) is 10.6 Å². The van der Waals surface area contributed by atoms with E-state index in [1.807, 2.05) is 6.92 Å². The maximum Gasteiger partial charge on any atom is 0.270 e. The maximum atomic E-state index is 12.1. The fraction of sp³-hybridized carbons (Fsp3) is 0.294. The predicted molar refractivity (Wildman–Crippen MR) is 103 cm³/mol. The topological polar surface area (TPSA) is 130 Å². The standard InChI is InChI=1S/C17H19N5O4S/c1-4-14-10(2)18-17(19-16(14)24)27-9-15(21-20-11(3)23)12-6-5-7-13(8-12)22(25)26/h5-8H,4,9H2,1-3H3,(H,20,23)(H,18,19,24). The van der Waals surface area contributed by atoms with Crippen LogP contribution in [0, 0.1) is 17.0 Å². The minimum Gasteiger partial charge on any atom is -0.301 e. The van der Waals surface area contributed by atoms with Crippen LogP contribution < -0.4 is 11.0 Å². The molecule has 142 valence electrons. The highest BCUT2D eigenvalue weighted by molar-refractivity contribution is 7.99. The third kappa shape index (κ3) is 5.48. The van der Waals surface area contributed by atoms with Gasteiger partial charge in [0.1, 0.15) is 0 Å². The van der Waals surface area contributed by atoms with Gasteiger partial charge in [0.15, 0.2) is 5.16 Å². The zero-order chi connectivity index (χ0) is 20.0. The second-order valence-electron chi connectivity index (χ2n) is 5.61. The van der Waals surface area contributed by atoms with Crippen molar-refractivity contribution in [2.24, 2.45) is 5.10 Å². The second kappa shape index (κ2) is 9.08. The second-order valence-corrected chi connectivity index (χ2v) is 6.58. The quantitative estimate of drug-likeness (QED) is 0.245. The molecule has 27 heavy (non-hydrogen) atoms.